The Morgan fingerprint density at radius 3 is 2.76 bits per heavy atom. The lowest BCUT2D eigenvalue weighted by Gasteiger charge is -2.10. The first-order valence-corrected chi connectivity index (χ1v) is 7.11. The van der Waals surface area contributed by atoms with Crippen molar-refractivity contribution in [2.45, 2.75) is 38.0 Å². The predicted octanol–water partition coefficient (Wildman–Crippen LogP) is 4.19. The van der Waals surface area contributed by atoms with Crippen LogP contribution >= 0.6 is 0 Å². The maximum atomic E-state index is 12.5. The van der Waals surface area contributed by atoms with Gasteiger partial charge in [-0.15, -0.1) is 0 Å². The van der Waals surface area contributed by atoms with Gasteiger partial charge in [-0.05, 0) is 37.5 Å². The zero-order valence-electron chi connectivity index (χ0n) is 11.6. The van der Waals surface area contributed by atoms with Crippen molar-refractivity contribution in [1.29, 1.82) is 0 Å². The first-order valence-electron chi connectivity index (χ1n) is 7.11. The molecule has 116 valence electrons. The van der Waals surface area contributed by atoms with Crippen LogP contribution in [0.15, 0.2) is 36.4 Å². The minimum absolute atomic E-state index is 0.207. The summed E-state index contributed by atoms with van der Waals surface area (Å²) in [6.07, 6.45) is 2.78. The molecule has 1 aromatic carbocycles. The molecule has 0 saturated heterocycles. The molecule has 1 aliphatic rings. The third kappa shape index (κ3) is 4.77. The maximum Gasteiger partial charge on any atom is 0.416 e. The molecule has 0 spiro atoms. The minimum atomic E-state index is -4.35. The lowest BCUT2D eigenvalue weighted by molar-refractivity contribution is -0.137. The molecule has 0 radical (unpaired) electrons. The van der Waals surface area contributed by atoms with Crippen molar-refractivity contribution in [1.82, 2.24) is 0 Å². The number of alkyl halides is 3. The molecule has 2 atom stereocenters. The van der Waals surface area contributed by atoms with Gasteiger partial charge in [0.1, 0.15) is 5.75 Å². The van der Waals surface area contributed by atoms with Gasteiger partial charge in [-0.1, -0.05) is 24.6 Å². The molecule has 0 bridgehead atoms. The van der Waals surface area contributed by atoms with E-state index in [0.717, 1.165) is 31.4 Å². The highest BCUT2D eigenvalue weighted by molar-refractivity contribution is 5.30. The van der Waals surface area contributed by atoms with Crippen molar-refractivity contribution < 1.29 is 23.0 Å². The van der Waals surface area contributed by atoms with E-state index in [9.17, 15) is 18.3 Å². The molecule has 1 saturated carbocycles. The summed E-state index contributed by atoms with van der Waals surface area (Å²) in [4.78, 5) is 0. The van der Waals surface area contributed by atoms with Crippen LogP contribution in [0.25, 0.3) is 0 Å². The summed E-state index contributed by atoms with van der Waals surface area (Å²) >= 11 is 0. The second-order valence-electron chi connectivity index (χ2n) is 5.25. The molecule has 2 unspecified atom stereocenters. The topological polar surface area (TPSA) is 29.5 Å². The summed E-state index contributed by atoms with van der Waals surface area (Å²) in [5.74, 6) is 0.428. The van der Waals surface area contributed by atoms with Crippen LogP contribution in [0.3, 0.4) is 0 Å². The van der Waals surface area contributed by atoms with E-state index in [0.29, 0.717) is 13.0 Å². The average molecular weight is 300 g/mol. The first kappa shape index (κ1) is 15.9. The second-order valence-corrected chi connectivity index (χ2v) is 5.25. The Kier molecular flexibility index (Phi) is 5.28. The summed E-state index contributed by atoms with van der Waals surface area (Å²) in [5, 5.41) is 9.64. The van der Waals surface area contributed by atoms with Gasteiger partial charge in [-0.3, -0.25) is 0 Å². The molecule has 2 nitrogen and oxygen atoms in total. The van der Waals surface area contributed by atoms with Gasteiger partial charge < -0.3 is 9.84 Å². The first-order chi connectivity index (χ1) is 9.97. The van der Waals surface area contributed by atoms with E-state index in [1.54, 1.807) is 0 Å². The highest BCUT2D eigenvalue weighted by Gasteiger charge is 2.30. The number of hydrogen-bond donors (Lipinski definition) is 1. The van der Waals surface area contributed by atoms with Crippen molar-refractivity contribution in [3.63, 3.8) is 0 Å². The van der Waals surface area contributed by atoms with Gasteiger partial charge in [0.15, 0.2) is 0 Å². The predicted molar refractivity (Wildman–Crippen MR) is 74.0 cm³/mol. The smallest absolute Gasteiger partial charge is 0.416 e. The molecule has 5 heteroatoms. The minimum Gasteiger partial charge on any atom is -0.493 e. The number of halogens is 3. The molecule has 1 fully saturated rings. The number of ether oxygens (including phenoxy) is 1. The number of aliphatic hydroxyl groups excluding tert-OH is 1. The van der Waals surface area contributed by atoms with Crippen LogP contribution in [0.2, 0.25) is 0 Å². The third-order valence-corrected chi connectivity index (χ3v) is 3.63. The largest absolute Gasteiger partial charge is 0.493 e. The van der Waals surface area contributed by atoms with E-state index in [1.807, 2.05) is 12.2 Å². The van der Waals surface area contributed by atoms with E-state index in [-0.39, 0.29) is 17.8 Å². The average Bonchev–Trinajstić information content (AvgIpc) is 2.83. The number of aliphatic hydroxyl groups is 1. The molecule has 0 amide bonds. The molecule has 2 rings (SSSR count). The van der Waals surface area contributed by atoms with Crippen molar-refractivity contribution in [3.05, 3.63) is 42.0 Å². The molecule has 21 heavy (non-hydrogen) atoms. The summed E-state index contributed by atoms with van der Waals surface area (Å²) in [7, 11) is 0. The molecule has 1 aliphatic carbocycles. The summed E-state index contributed by atoms with van der Waals surface area (Å²) in [6.45, 7) is 0.320. The van der Waals surface area contributed by atoms with Crippen LogP contribution in [0.1, 0.15) is 31.2 Å². The van der Waals surface area contributed by atoms with E-state index in [4.69, 9.17) is 4.74 Å². The SMILES string of the molecule is OC1CCCC1/C=C/CCOc1cccc(C(F)(F)F)c1. The van der Waals surface area contributed by atoms with E-state index in [2.05, 4.69) is 0 Å². The Balaban J connectivity index is 1.77. The quantitative estimate of drug-likeness (QED) is 0.652. The Bertz CT molecular complexity index is 483. The molecule has 1 aromatic rings. The number of rotatable bonds is 5. The normalized spacial score (nSPS) is 22.9. The lowest BCUT2D eigenvalue weighted by atomic mass is 10.1. The summed E-state index contributed by atoms with van der Waals surface area (Å²) < 4.78 is 42.9. The summed E-state index contributed by atoms with van der Waals surface area (Å²) in [6, 6.07) is 4.88. The molecule has 0 aliphatic heterocycles. The lowest BCUT2D eigenvalue weighted by Crippen LogP contribution is -2.10. The molecule has 0 aromatic heterocycles. The van der Waals surface area contributed by atoms with Gasteiger partial charge in [0.05, 0.1) is 18.3 Å². The standard InChI is InChI=1S/C16H19F3O2/c17-16(18,19)13-7-4-8-14(11-13)21-10-2-1-5-12-6-3-9-15(12)20/h1,4-5,7-8,11-12,15,20H,2-3,6,9-10H2/b5-1+. The maximum absolute atomic E-state index is 12.5. The van der Waals surface area contributed by atoms with Gasteiger partial charge in [0.25, 0.3) is 0 Å². The van der Waals surface area contributed by atoms with Crippen molar-refractivity contribution in [2.75, 3.05) is 6.61 Å². The van der Waals surface area contributed by atoms with E-state index < -0.39 is 11.7 Å². The van der Waals surface area contributed by atoms with Crippen LogP contribution in [0.5, 0.6) is 5.75 Å². The van der Waals surface area contributed by atoms with Crippen LogP contribution in [0.4, 0.5) is 13.2 Å². The van der Waals surface area contributed by atoms with Gasteiger partial charge in [-0.25, -0.2) is 0 Å². The Morgan fingerprint density at radius 1 is 1.29 bits per heavy atom. The molecule has 0 heterocycles. The van der Waals surface area contributed by atoms with E-state index in [1.165, 1.54) is 12.1 Å². The van der Waals surface area contributed by atoms with Gasteiger partial charge in [-0.2, -0.15) is 13.2 Å². The highest BCUT2D eigenvalue weighted by Crippen LogP contribution is 2.31. The zero-order chi connectivity index (χ0) is 15.3. The Hall–Kier alpha value is -1.49. The fourth-order valence-corrected chi connectivity index (χ4v) is 2.47. The van der Waals surface area contributed by atoms with Crippen molar-refractivity contribution in [3.8, 4) is 5.75 Å². The monoisotopic (exact) mass is 300 g/mol. The van der Waals surface area contributed by atoms with Gasteiger partial charge in [0.2, 0.25) is 0 Å². The fourth-order valence-electron chi connectivity index (χ4n) is 2.47. The summed E-state index contributed by atoms with van der Waals surface area (Å²) in [5.41, 5.74) is -0.704. The number of hydrogen-bond acceptors (Lipinski definition) is 2. The van der Waals surface area contributed by atoms with Crippen molar-refractivity contribution >= 4 is 0 Å². The molecular formula is C16H19F3O2. The van der Waals surface area contributed by atoms with Crippen LogP contribution in [-0.4, -0.2) is 17.8 Å². The highest BCUT2D eigenvalue weighted by atomic mass is 19.4. The fraction of sp³-hybridized carbons (Fsp3) is 0.500. The zero-order valence-corrected chi connectivity index (χ0v) is 11.6. The van der Waals surface area contributed by atoms with E-state index >= 15 is 0 Å². The van der Waals surface area contributed by atoms with Gasteiger partial charge in [0, 0.05) is 5.92 Å². The second kappa shape index (κ2) is 6.98. The molecular weight excluding hydrogens is 281 g/mol. The van der Waals surface area contributed by atoms with Gasteiger partial charge >= 0.3 is 6.18 Å². The number of benzene rings is 1. The van der Waals surface area contributed by atoms with Crippen LogP contribution in [0, 0.1) is 5.92 Å². The van der Waals surface area contributed by atoms with Crippen LogP contribution < -0.4 is 4.74 Å². The van der Waals surface area contributed by atoms with Crippen molar-refractivity contribution in [2.24, 2.45) is 5.92 Å². The third-order valence-electron chi connectivity index (χ3n) is 3.63. The molecule has 1 N–H and O–H groups in total. The Morgan fingerprint density at radius 2 is 2.10 bits per heavy atom. The van der Waals surface area contributed by atoms with Crippen LogP contribution in [-0.2, 0) is 6.18 Å². The Labute approximate surface area is 122 Å².